The third kappa shape index (κ3) is 6.55. The van der Waals surface area contributed by atoms with E-state index in [9.17, 15) is 27.6 Å². The number of aromatic nitrogens is 6. The monoisotopic (exact) mass is 642 g/mol. The predicted octanol–water partition coefficient (Wildman–Crippen LogP) is 2.69. The van der Waals surface area contributed by atoms with Crippen molar-refractivity contribution in [2.45, 2.75) is 19.6 Å². The van der Waals surface area contributed by atoms with Crippen molar-refractivity contribution in [3.05, 3.63) is 114 Å². The first-order valence-corrected chi connectivity index (χ1v) is 14.3. The van der Waals surface area contributed by atoms with Gasteiger partial charge in [-0.1, -0.05) is 17.7 Å². The summed E-state index contributed by atoms with van der Waals surface area (Å²) >= 11 is 6.56. The Morgan fingerprint density at radius 1 is 0.978 bits per heavy atom. The van der Waals surface area contributed by atoms with Crippen molar-refractivity contribution in [2.75, 3.05) is 38.2 Å². The number of nitrogens with zero attached hydrogens (tertiary/aromatic N) is 6. The zero-order chi connectivity index (χ0) is 31.7. The zero-order valence-electron chi connectivity index (χ0n) is 23.6. The van der Waals surface area contributed by atoms with Crippen LogP contribution in [-0.4, -0.2) is 66.6 Å². The Balaban J connectivity index is 1.36. The normalized spacial score (nSPS) is 13.9. The third-order valence-corrected chi connectivity index (χ3v) is 7.71. The minimum Gasteiger partial charge on any atom is -0.379 e. The van der Waals surface area contributed by atoms with Gasteiger partial charge in [0, 0.05) is 43.0 Å². The Morgan fingerprint density at radius 2 is 1.73 bits per heavy atom. The molecule has 1 fully saturated rings. The molecule has 4 heterocycles. The molecule has 0 amide bonds. The number of hydrogen-bond acceptors (Lipinski definition) is 8. The van der Waals surface area contributed by atoms with Crippen molar-refractivity contribution in [1.82, 2.24) is 33.8 Å². The van der Waals surface area contributed by atoms with Crippen molar-refractivity contribution in [3.63, 3.8) is 0 Å². The molecule has 12 nitrogen and oxygen atoms in total. The summed E-state index contributed by atoms with van der Waals surface area (Å²) in [4.78, 5) is 47.8. The lowest BCUT2D eigenvalue weighted by molar-refractivity contribution is 0.0360. The fraction of sp³-hybridized carbons (Fsp3) is 0.276. The molecule has 2 N–H and O–H groups in total. The number of pyridine rings is 1. The lowest BCUT2D eigenvalue weighted by Crippen LogP contribution is -2.43. The molecule has 5 aromatic rings. The molecule has 0 spiro atoms. The first-order valence-electron chi connectivity index (χ1n) is 13.9. The number of nitrogens with one attached hydrogen (secondary N) is 2. The van der Waals surface area contributed by atoms with E-state index < -0.39 is 47.5 Å². The van der Waals surface area contributed by atoms with Crippen molar-refractivity contribution >= 4 is 34.1 Å². The van der Waals surface area contributed by atoms with Crippen LogP contribution in [-0.2, 0) is 24.4 Å². The largest absolute Gasteiger partial charge is 0.379 e. The number of fused-ring (bicyclic) bond motifs is 1. The molecule has 0 aliphatic carbocycles. The van der Waals surface area contributed by atoms with E-state index in [1.165, 1.54) is 18.3 Å². The molecule has 0 bridgehead atoms. The van der Waals surface area contributed by atoms with Crippen LogP contribution in [0.15, 0.2) is 63.2 Å². The highest BCUT2D eigenvalue weighted by Crippen LogP contribution is 2.29. The molecule has 0 saturated carbocycles. The Labute approximate surface area is 257 Å². The summed E-state index contributed by atoms with van der Waals surface area (Å²) in [5.41, 5.74) is -1.60. The van der Waals surface area contributed by atoms with Crippen LogP contribution in [0.5, 0.6) is 0 Å². The fourth-order valence-corrected chi connectivity index (χ4v) is 5.24. The van der Waals surface area contributed by atoms with Crippen LogP contribution in [0.2, 0.25) is 5.02 Å². The highest BCUT2D eigenvalue weighted by Gasteiger charge is 2.19. The van der Waals surface area contributed by atoms with E-state index in [0.29, 0.717) is 35.2 Å². The number of anilines is 2. The van der Waals surface area contributed by atoms with Gasteiger partial charge >= 0.3 is 11.4 Å². The summed E-state index contributed by atoms with van der Waals surface area (Å²) in [6.45, 7) is 3.53. The Bertz CT molecular complexity index is 2050. The minimum absolute atomic E-state index is 0.101. The summed E-state index contributed by atoms with van der Waals surface area (Å²) in [6.07, 6.45) is 3.22. The molecule has 3 aromatic heterocycles. The van der Waals surface area contributed by atoms with Crippen LogP contribution in [0.4, 0.5) is 24.8 Å². The topological polar surface area (TPSA) is 132 Å². The van der Waals surface area contributed by atoms with E-state index in [4.69, 9.17) is 16.3 Å². The molecule has 0 radical (unpaired) electrons. The van der Waals surface area contributed by atoms with Gasteiger partial charge in [0.1, 0.15) is 0 Å². The summed E-state index contributed by atoms with van der Waals surface area (Å²) in [6, 6.07) is 7.70. The number of ether oxygens (including phenoxy) is 1. The van der Waals surface area contributed by atoms with E-state index in [0.717, 1.165) is 36.3 Å². The number of benzene rings is 2. The number of morpholine rings is 1. The Morgan fingerprint density at radius 3 is 2.47 bits per heavy atom. The van der Waals surface area contributed by atoms with E-state index in [-0.39, 0.29) is 27.8 Å². The second kappa shape index (κ2) is 12.7. The van der Waals surface area contributed by atoms with Crippen LogP contribution in [0.3, 0.4) is 0 Å². The van der Waals surface area contributed by atoms with Crippen LogP contribution in [0, 0.1) is 17.5 Å². The third-order valence-electron chi connectivity index (χ3n) is 7.40. The minimum atomic E-state index is -1.67. The maximum atomic E-state index is 14.1. The summed E-state index contributed by atoms with van der Waals surface area (Å²) < 4.78 is 50.6. The molecular formula is C29H26ClF3N8O4. The number of hydrogen-bond donors (Lipinski definition) is 2. The van der Waals surface area contributed by atoms with Gasteiger partial charge in [0.05, 0.1) is 49.1 Å². The molecule has 6 rings (SSSR count). The second-order valence-electron chi connectivity index (χ2n) is 10.4. The smallest absolute Gasteiger partial charge is 0.355 e. The first kappa shape index (κ1) is 30.3. The molecule has 0 unspecified atom stereocenters. The molecular weight excluding hydrogens is 617 g/mol. The number of aromatic amines is 1. The van der Waals surface area contributed by atoms with Crippen LogP contribution in [0.25, 0.3) is 10.9 Å². The highest BCUT2D eigenvalue weighted by atomic mass is 35.5. The lowest BCUT2D eigenvalue weighted by atomic mass is 10.2. The predicted molar refractivity (Wildman–Crippen MR) is 160 cm³/mol. The average Bonchev–Trinajstić information content (AvgIpc) is 3.41. The maximum Gasteiger partial charge on any atom is 0.355 e. The van der Waals surface area contributed by atoms with Gasteiger partial charge in [-0.3, -0.25) is 18.9 Å². The second-order valence-corrected chi connectivity index (χ2v) is 10.8. The highest BCUT2D eigenvalue weighted by molar-refractivity contribution is 6.34. The molecule has 2 aromatic carbocycles. The van der Waals surface area contributed by atoms with Gasteiger partial charge in [0.25, 0.3) is 5.56 Å². The Kier molecular flexibility index (Phi) is 8.56. The van der Waals surface area contributed by atoms with Gasteiger partial charge in [-0.2, -0.15) is 10.1 Å². The van der Waals surface area contributed by atoms with Gasteiger partial charge in [-0.05, 0) is 35.9 Å². The van der Waals surface area contributed by atoms with Gasteiger partial charge in [-0.25, -0.2) is 27.3 Å². The van der Waals surface area contributed by atoms with Crippen molar-refractivity contribution in [2.24, 2.45) is 0 Å². The van der Waals surface area contributed by atoms with Crippen LogP contribution in [0.1, 0.15) is 11.1 Å². The van der Waals surface area contributed by atoms with Crippen molar-refractivity contribution < 1.29 is 17.9 Å². The molecule has 0 atom stereocenters. The molecule has 1 saturated heterocycles. The van der Waals surface area contributed by atoms with Crippen LogP contribution < -0.4 is 22.3 Å². The zero-order valence-corrected chi connectivity index (χ0v) is 24.4. The summed E-state index contributed by atoms with van der Waals surface area (Å²) in [5, 5.41) is 8.37. The van der Waals surface area contributed by atoms with Gasteiger partial charge in [0.15, 0.2) is 17.5 Å². The molecule has 1 aliphatic heterocycles. The van der Waals surface area contributed by atoms with Gasteiger partial charge in [-0.15, -0.1) is 0 Å². The SMILES string of the molecule is O=c1[nH]cccc1Cn1c(=O)nc(Nc2cc3cn(CCN4CCOCC4)nc3cc2Cl)n(Cc2cc(F)c(F)c(F)c2)c1=O. The van der Waals surface area contributed by atoms with Crippen molar-refractivity contribution in [3.8, 4) is 0 Å². The van der Waals surface area contributed by atoms with Crippen molar-refractivity contribution in [1.29, 1.82) is 0 Å². The number of H-pyrrole nitrogens is 1. The standard InChI is InChI=1S/C29H26ClF3N8O4/c30-20-13-23-19(15-39(37-23)5-4-38-6-8-45-9-7-38)12-24(20)35-27-36-28(43)41(16-18-2-1-3-34-26(18)42)29(44)40(27)14-17-10-21(31)25(33)22(32)11-17/h1-3,10-13,15H,4-9,14,16H2,(H,34,42)(H,35,36,43). The maximum absolute atomic E-state index is 14.1. The fourth-order valence-electron chi connectivity index (χ4n) is 5.03. The molecule has 234 valence electrons. The van der Waals surface area contributed by atoms with E-state index in [2.05, 4.69) is 25.3 Å². The number of halogens is 4. The quantitative estimate of drug-likeness (QED) is 0.235. The van der Waals surface area contributed by atoms with E-state index in [1.807, 2.05) is 6.20 Å². The number of rotatable bonds is 9. The van der Waals surface area contributed by atoms with Crippen LogP contribution >= 0.6 is 11.6 Å². The molecule has 16 heteroatoms. The van der Waals surface area contributed by atoms with Gasteiger partial charge < -0.3 is 15.0 Å². The Hall–Kier alpha value is -4.73. The summed E-state index contributed by atoms with van der Waals surface area (Å²) in [7, 11) is 0. The average molecular weight is 643 g/mol. The lowest BCUT2D eigenvalue weighted by Gasteiger charge is -2.26. The summed E-state index contributed by atoms with van der Waals surface area (Å²) in [5.74, 6) is -4.87. The molecule has 1 aliphatic rings. The van der Waals surface area contributed by atoms with Gasteiger partial charge in [0.2, 0.25) is 5.95 Å². The van der Waals surface area contributed by atoms with E-state index >= 15 is 0 Å². The first-order chi connectivity index (χ1) is 21.7. The molecule has 45 heavy (non-hydrogen) atoms. The van der Waals surface area contributed by atoms with E-state index in [1.54, 1.807) is 16.8 Å².